The van der Waals surface area contributed by atoms with E-state index in [4.69, 9.17) is 4.74 Å². The molecule has 0 radical (unpaired) electrons. The maximum absolute atomic E-state index is 15.2. The van der Waals surface area contributed by atoms with Gasteiger partial charge in [0.05, 0.1) is 25.1 Å². The number of morpholine rings is 1. The molecule has 13 nitrogen and oxygen atoms in total. The third-order valence-electron chi connectivity index (χ3n) is 12.3. The molecule has 1 aromatic heterocycles. The van der Waals surface area contributed by atoms with Crippen molar-refractivity contribution in [3.63, 3.8) is 0 Å². The average Bonchev–Trinajstić information content (AvgIpc) is 3.24. The summed E-state index contributed by atoms with van der Waals surface area (Å²) in [5, 5.41) is 8.80. The number of rotatable bonds is 10. The van der Waals surface area contributed by atoms with Crippen LogP contribution < -0.4 is 25.8 Å². The van der Waals surface area contributed by atoms with E-state index >= 15 is 4.39 Å². The summed E-state index contributed by atoms with van der Waals surface area (Å²) in [6.45, 7) is 8.63. The van der Waals surface area contributed by atoms with E-state index in [0.717, 1.165) is 103 Å². The van der Waals surface area contributed by atoms with Crippen molar-refractivity contribution in [2.24, 2.45) is 11.8 Å². The van der Waals surface area contributed by atoms with Crippen molar-refractivity contribution in [2.75, 3.05) is 92.5 Å². The van der Waals surface area contributed by atoms with Crippen molar-refractivity contribution >= 4 is 40.7 Å². The molecule has 5 heterocycles. The van der Waals surface area contributed by atoms with Crippen molar-refractivity contribution in [2.45, 2.75) is 63.5 Å². The van der Waals surface area contributed by atoms with Gasteiger partial charge in [-0.2, -0.15) is 0 Å². The number of amides is 3. The molecule has 1 saturated carbocycles. The van der Waals surface area contributed by atoms with Crippen molar-refractivity contribution in [1.29, 1.82) is 0 Å². The summed E-state index contributed by atoms with van der Waals surface area (Å²) in [4.78, 5) is 54.8. The van der Waals surface area contributed by atoms with Crippen molar-refractivity contribution in [3.05, 3.63) is 60.3 Å². The predicted octanol–water partition coefficient (Wildman–Crippen LogP) is 4.51. The first-order valence-electron chi connectivity index (χ1n) is 20.6. The summed E-state index contributed by atoms with van der Waals surface area (Å²) in [6.07, 6.45) is 7.11. The zero-order valence-electron chi connectivity index (χ0n) is 32.4. The van der Waals surface area contributed by atoms with E-state index in [1.54, 1.807) is 12.1 Å². The third kappa shape index (κ3) is 9.47. The summed E-state index contributed by atoms with van der Waals surface area (Å²) >= 11 is 0. The number of carbonyl (C=O) groups is 3. The highest BCUT2D eigenvalue weighted by atomic mass is 19.1. The molecular weight excluding hydrogens is 733 g/mol. The van der Waals surface area contributed by atoms with Gasteiger partial charge in [-0.1, -0.05) is 12.1 Å². The van der Waals surface area contributed by atoms with Gasteiger partial charge >= 0.3 is 0 Å². The van der Waals surface area contributed by atoms with Crippen LogP contribution in [0.2, 0.25) is 0 Å². The van der Waals surface area contributed by atoms with Gasteiger partial charge in [-0.3, -0.25) is 24.6 Å². The second kappa shape index (κ2) is 17.7. The molecule has 4 saturated heterocycles. The summed E-state index contributed by atoms with van der Waals surface area (Å²) in [7, 11) is 0. The zero-order chi connectivity index (χ0) is 39.3. The fraction of sp³-hybridized carbons (Fsp3) is 0.548. The number of imide groups is 1. The molecule has 0 spiro atoms. The van der Waals surface area contributed by atoms with Gasteiger partial charge in [-0.25, -0.2) is 18.7 Å². The number of halogens is 2. The Hall–Kier alpha value is -4.89. The maximum atomic E-state index is 15.2. The van der Waals surface area contributed by atoms with Crippen LogP contribution >= 0.6 is 0 Å². The summed E-state index contributed by atoms with van der Waals surface area (Å²) in [5.74, 6) is -0.240. The van der Waals surface area contributed by atoms with Crippen LogP contribution in [0, 0.1) is 23.5 Å². The Morgan fingerprint density at radius 2 is 1.60 bits per heavy atom. The number of hydrogen-bond donors (Lipinski definition) is 3. The third-order valence-corrected chi connectivity index (χ3v) is 12.3. The van der Waals surface area contributed by atoms with Crippen molar-refractivity contribution in [3.8, 4) is 11.3 Å². The van der Waals surface area contributed by atoms with Crippen LogP contribution in [0.3, 0.4) is 0 Å². The van der Waals surface area contributed by atoms with Crippen LogP contribution in [0.25, 0.3) is 11.3 Å². The van der Waals surface area contributed by atoms with Gasteiger partial charge in [0.15, 0.2) is 5.82 Å². The number of ether oxygens (including phenoxy) is 1. The molecule has 15 heteroatoms. The first-order chi connectivity index (χ1) is 27.8. The molecule has 3 aromatic rings. The van der Waals surface area contributed by atoms with Crippen molar-refractivity contribution < 1.29 is 27.9 Å². The predicted molar refractivity (Wildman–Crippen MR) is 214 cm³/mol. The summed E-state index contributed by atoms with van der Waals surface area (Å²) in [6, 6.07) is 12.3. The molecule has 5 aliphatic rings. The number of benzene rings is 2. The van der Waals surface area contributed by atoms with E-state index in [1.165, 1.54) is 12.3 Å². The first-order valence-corrected chi connectivity index (χ1v) is 20.6. The highest BCUT2D eigenvalue weighted by molar-refractivity contribution is 6.01. The molecule has 5 fully saturated rings. The lowest BCUT2D eigenvalue weighted by Crippen LogP contribution is -2.50. The Morgan fingerprint density at radius 3 is 2.33 bits per heavy atom. The van der Waals surface area contributed by atoms with Crippen LogP contribution in [-0.4, -0.2) is 122 Å². The van der Waals surface area contributed by atoms with E-state index in [9.17, 15) is 18.8 Å². The fourth-order valence-electron chi connectivity index (χ4n) is 8.99. The molecule has 2 aromatic carbocycles. The topological polar surface area (TPSA) is 135 Å². The number of hydrogen-bond acceptors (Lipinski definition) is 11. The van der Waals surface area contributed by atoms with Crippen LogP contribution in [0.1, 0.15) is 51.4 Å². The normalized spacial score (nSPS) is 24.0. The highest BCUT2D eigenvalue weighted by Crippen LogP contribution is 2.32. The SMILES string of the molecule is O=C1CCC(Nc2ccc(N3CCN(CC4CCN(C(=O)C5CCC(Nc6ncc(F)c(-c7cccc(N8CCOCC8)c7)n6)CC5)CC4)CC3)c(F)c2)C(=O)N1. The van der Waals surface area contributed by atoms with Gasteiger partial charge in [0, 0.05) is 94.2 Å². The van der Waals surface area contributed by atoms with Gasteiger partial charge in [0.2, 0.25) is 23.7 Å². The minimum absolute atomic E-state index is 0.0166. The van der Waals surface area contributed by atoms with Crippen LogP contribution in [0.4, 0.5) is 31.8 Å². The lowest BCUT2D eigenvalue weighted by Gasteiger charge is -2.40. The number of carbonyl (C=O) groups excluding carboxylic acids is 3. The highest BCUT2D eigenvalue weighted by Gasteiger charge is 2.33. The maximum Gasteiger partial charge on any atom is 0.249 e. The fourth-order valence-corrected chi connectivity index (χ4v) is 8.99. The molecule has 304 valence electrons. The largest absolute Gasteiger partial charge is 0.378 e. The van der Waals surface area contributed by atoms with Crippen LogP contribution in [0.5, 0.6) is 0 Å². The number of anilines is 4. The number of aromatic nitrogens is 2. The van der Waals surface area contributed by atoms with E-state index in [1.807, 2.05) is 24.3 Å². The lowest BCUT2D eigenvalue weighted by molar-refractivity contribution is -0.138. The van der Waals surface area contributed by atoms with Gasteiger partial charge in [-0.05, 0) is 81.2 Å². The number of likely N-dealkylation sites (tertiary alicyclic amines) is 1. The van der Waals surface area contributed by atoms with Crippen molar-refractivity contribution in [1.82, 2.24) is 25.1 Å². The van der Waals surface area contributed by atoms with Gasteiger partial charge in [0.1, 0.15) is 17.6 Å². The minimum Gasteiger partial charge on any atom is -0.378 e. The van der Waals surface area contributed by atoms with Crippen LogP contribution in [-0.2, 0) is 19.1 Å². The molecule has 1 atom stereocenters. The average molecular weight is 786 g/mol. The molecule has 8 rings (SSSR count). The summed E-state index contributed by atoms with van der Waals surface area (Å²) < 4.78 is 35.6. The zero-order valence-corrected chi connectivity index (χ0v) is 32.4. The Bertz CT molecular complexity index is 1910. The number of piperazine rings is 1. The number of nitrogens with zero attached hydrogens (tertiary/aromatic N) is 6. The molecule has 57 heavy (non-hydrogen) atoms. The standard InChI is InChI=1S/C42H53F2N9O4/c43-34-25-32(46-36-9-11-38(54)48-40(36)55)8-10-37(34)52-18-16-50(17-19-52)27-28-12-14-53(15-13-28)41(56)29-4-6-31(7-5-29)47-42-45-26-35(44)39(49-42)30-2-1-3-33(24-30)51-20-22-57-23-21-51/h1-3,8,10,24-26,28-29,31,36,46H,4-7,9,11-23,27H2,(H,45,47,49)(H,48,54,55). The number of piperidine rings is 2. The van der Waals surface area contributed by atoms with Crippen LogP contribution in [0.15, 0.2) is 48.7 Å². The van der Waals surface area contributed by atoms with E-state index in [0.29, 0.717) is 48.4 Å². The Kier molecular flexibility index (Phi) is 12.1. The monoisotopic (exact) mass is 785 g/mol. The second-order valence-electron chi connectivity index (χ2n) is 16.1. The quantitative estimate of drug-likeness (QED) is 0.251. The molecule has 4 aliphatic heterocycles. The van der Waals surface area contributed by atoms with Gasteiger partial charge in [-0.15, -0.1) is 0 Å². The van der Waals surface area contributed by atoms with E-state index in [-0.39, 0.29) is 47.6 Å². The molecule has 3 N–H and O–H groups in total. The smallest absolute Gasteiger partial charge is 0.249 e. The molecule has 1 aliphatic carbocycles. The Labute approximate surface area is 332 Å². The van der Waals surface area contributed by atoms with Gasteiger partial charge < -0.3 is 30.1 Å². The van der Waals surface area contributed by atoms with E-state index < -0.39 is 11.9 Å². The molecule has 0 bridgehead atoms. The number of nitrogens with one attached hydrogen (secondary N) is 3. The Morgan fingerprint density at radius 1 is 0.825 bits per heavy atom. The summed E-state index contributed by atoms with van der Waals surface area (Å²) in [5.41, 5.74) is 3.08. The molecular formula is C42H53F2N9O4. The van der Waals surface area contributed by atoms with E-state index in [2.05, 4.69) is 45.5 Å². The minimum atomic E-state index is -0.554. The first kappa shape index (κ1) is 39.0. The van der Waals surface area contributed by atoms with Gasteiger partial charge in [0.25, 0.3) is 0 Å². The molecule has 1 unspecified atom stereocenters. The Balaban J connectivity index is 0.751. The lowest BCUT2D eigenvalue weighted by atomic mass is 9.84. The molecule has 3 amide bonds. The second-order valence-corrected chi connectivity index (χ2v) is 16.1.